The highest BCUT2D eigenvalue weighted by Crippen LogP contribution is 2.31. The predicted molar refractivity (Wildman–Crippen MR) is 108 cm³/mol. The summed E-state index contributed by atoms with van der Waals surface area (Å²) in [6, 6.07) is 9.82. The first-order valence-electron chi connectivity index (χ1n) is 8.87. The van der Waals surface area contributed by atoms with Crippen molar-refractivity contribution in [1.29, 1.82) is 0 Å². The Morgan fingerprint density at radius 1 is 1.30 bits per heavy atom. The number of carbonyl (C=O) groups excluding carboxylic acids is 1. The van der Waals surface area contributed by atoms with Crippen molar-refractivity contribution in [1.82, 2.24) is 25.1 Å². The summed E-state index contributed by atoms with van der Waals surface area (Å²) >= 11 is 3.38. The van der Waals surface area contributed by atoms with Gasteiger partial charge in [-0.3, -0.25) is 0 Å². The SMILES string of the molecule is C/C=C\C(Br)=C/C=Nc1nnn(C(=O)N2CCCCC2c2ccccc2)n1. The van der Waals surface area contributed by atoms with E-state index in [1.165, 1.54) is 0 Å². The fourth-order valence-corrected chi connectivity index (χ4v) is 3.41. The molecule has 0 saturated carbocycles. The normalized spacial score (nSPS) is 18.5. The zero-order chi connectivity index (χ0) is 19.1. The number of likely N-dealkylation sites (tertiary alicyclic amines) is 1. The average Bonchev–Trinajstić information content (AvgIpc) is 3.17. The molecule has 7 nitrogen and oxygen atoms in total. The Hall–Kier alpha value is -2.61. The number of allylic oxidation sites excluding steroid dienone is 4. The molecule has 1 atom stereocenters. The van der Waals surface area contributed by atoms with Crippen LogP contribution in [-0.4, -0.2) is 43.9 Å². The van der Waals surface area contributed by atoms with Crippen molar-refractivity contribution >= 4 is 34.1 Å². The minimum atomic E-state index is -0.275. The number of aliphatic imine (C=N–C) groups is 1. The lowest BCUT2D eigenvalue weighted by atomic mass is 9.96. The minimum absolute atomic E-state index is 0.0325. The van der Waals surface area contributed by atoms with Crippen molar-refractivity contribution in [2.75, 3.05) is 6.54 Å². The third-order valence-electron chi connectivity index (χ3n) is 4.26. The molecule has 8 heteroatoms. The molecule has 0 N–H and O–H groups in total. The van der Waals surface area contributed by atoms with Gasteiger partial charge in [0.25, 0.3) is 5.95 Å². The van der Waals surface area contributed by atoms with Crippen LogP contribution < -0.4 is 0 Å². The first kappa shape index (κ1) is 19.2. The number of halogens is 1. The van der Waals surface area contributed by atoms with E-state index in [1.54, 1.807) is 12.3 Å². The second kappa shape index (κ2) is 9.36. The lowest BCUT2D eigenvalue weighted by Gasteiger charge is -2.35. The maximum Gasteiger partial charge on any atom is 0.364 e. The minimum Gasteiger partial charge on any atom is -0.315 e. The Balaban J connectivity index is 1.74. The van der Waals surface area contributed by atoms with E-state index >= 15 is 0 Å². The van der Waals surface area contributed by atoms with E-state index in [4.69, 9.17) is 0 Å². The summed E-state index contributed by atoms with van der Waals surface area (Å²) in [5.41, 5.74) is 1.13. The fourth-order valence-electron chi connectivity index (χ4n) is 3.03. The van der Waals surface area contributed by atoms with E-state index in [0.29, 0.717) is 6.54 Å². The molecule has 0 bridgehead atoms. The number of hydrogen-bond acceptors (Lipinski definition) is 5. The van der Waals surface area contributed by atoms with Crippen molar-refractivity contribution in [3.63, 3.8) is 0 Å². The number of piperidine rings is 1. The van der Waals surface area contributed by atoms with Crippen LogP contribution >= 0.6 is 15.9 Å². The third kappa shape index (κ3) is 4.97. The van der Waals surface area contributed by atoms with Gasteiger partial charge in [0.2, 0.25) is 0 Å². The third-order valence-corrected chi connectivity index (χ3v) is 4.79. The van der Waals surface area contributed by atoms with Crippen LogP contribution in [0.15, 0.2) is 58.0 Å². The molecule has 1 aromatic carbocycles. The van der Waals surface area contributed by atoms with Gasteiger partial charge in [-0.05, 0) is 43.0 Å². The Bertz CT molecular complexity index is 858. The first-order valence-corrected chi connectivity index (χ1v) is 9.67. The van der Waals surface area contributed by atoms with Gasteiger partial charge in [0.1, 0.15) is 0 Å². The molecule has 1 aliphatic rings. The highest BCUT2D eigenvalue weighted by Gasteiger charge is 2.30. The Kier molecular flexibility index (Phi) is 6.64. The zero-order valence-corrected chi connectivity index (χ0v) is 16.7. The van der Waals surface area contributed by atoms with Crippen LogP contribution in [0, 0.1) is 0 Å². The van der Waals surface area contributed by atoms with Gasteiger partial charge in [-0.25, -0.2) is 9.79 Å². The van der Waals surface area contributed by atoms with Gasteiger partial charge < -0.3 is 4.90 Å². The number of aromatic nitrogens is 4. The molecular weight excluding hydrogens is 408 g/mol. The molecule has 1 fully saturated rings. The summed E-state index contributed by atoms with van der Waals surface area (Å²) in [5.74, 6) is 0.147. The molecule has 2 aromatic rings. The molecule has 2 heterocycles. The van der Waals surface area contributed by atoms with E-state index in [2.05, 4.69) is 48.5 Å². The highest BCUT2D eigenvalue weighted by molar-refractivity contribution is 9.11. The van der Waals surface area contributed by atoms with Crippen LogP contribution in [0.1, 0.15) is 37.8 Å². The van der Waals surface area contributed by atoms with Crippen LogP contribution in [0.5, 0.6) is 0 Å². The molecule has 1 unspecified atom stereocenters. The smallest absolute Gasteiger partial charge is 0.315 e. The first-order chi connectivity index (χ1) is 13.2. The summed E-state index contributed by atoms with van der Waals surface area (Å²) in [6.07, 6.45) is 10.1. The van der Waals surface area contributed by atoms with Gasteiger partial charge in [0, 0.05) is 17.2 Å². The maximum absolute atomic E-state index is 12.9. The zero-order valence-electron chi connectivity index (χ0n) is 15.1. The van der Waals surface area contributed by atoms with E-state index in [9.17, 15) is 4.79 Å². The lowest BCUT2D eigenvalue weighted by molar-refractivity contribution is 0.146. The quantitative estimate of drug-likeness (QED) is 0.533. The van der Waals surface area contributed by atoms with E-state index < -0.39 is 0 Å². The average molecular weight is 429 g/mol. The van der Waals surface area contributed by atoms with Crippen LogP contribution in [0.25, 0.3) is 0 Å². The van der Waals surface area contributed by atoms with Crippen molar-refractivity contribution in [2.45, 2.75) is 32.2 Å². The summed E-state index contributed by atoms with van der Waals surface area (Å²) < 4.78 is 0.872. The molecule has 0 spiro atoms. The topological polar surface area (TPSA) is 76.3 Å². The molecule has 3 rings (SSSR count). The van der Waals surface area contributed by atoms with E-state index in [-0.39, 0.29) is 18.0 Å². The van der Waals surface area contributed by atoms with Crippen molar-refractivity contribution in [3.05, 3.63) is 58.6 Å². The van der Waals surface area contributed by atoms with Gasteiger partial charge in [-0.2, -0.15) is 0 Å². The van der Waals surface area contributed by atoms with Crippen molar-refractivity contribution in [2.24, 2.45) is 4.99 Å². The monoisotopic (exact) mass is 428 g/mol. The van der Waals surface area contributed by atoms with Crippen molar-refractivity contribution < 1.29 is 4.79 Å². The molecule has 0 radical (unpaired) electrons. The molecule has 1 saturated heterocycles. The second-order valence-electron chi connectivity index (χ2n) is 6.11. The second-order valence-corrected chi connectivity index (χ2v) is 7.02. The molecular formula is C19H21BrN6O. The Morgan fingerprint density at radius 2 is 2.11 bits per heavy atom. The van der Waals surface area contributed by atoms with Crippen LogP contribution in [0.2, 0.25) is 0 Å². The molecule has 0 aliphatic carbocycles. The molecule has 1 aromatic heterocycles. The standard InChI is InChI=1S/C19H21BrN6O/c1-2-8-16(20)12-13-21-18-22-24-26(23-18)19(27)25-14-7-6-11-17(25)15-9-4-3-5-10-15/h2-5,8-10,12-13,17H,6-7,11,14H2,1H3/b8-2-,16-12+,21-13?. The largest absolute Gasteiger partial charge is 0.364 e. The van der Waals surface area contributed by atoms with Crippen molar-refractivity contribution in [3.8, 4) is 0 Å². The number of carbonyl (C=O) groups is 1. The summed E-state index contributed by atoms with van der Waals surface area (Å²) in [6.45, 7) is 2.60. The van der Waals surface area contributed by atoms with Crippen LogP contribution in [-0.2, 0) is 0 Å². The van der Waals surface area contributed by atoms with Gasteiger partial charge in [0.05, 0.1) is 6.04 Å². The van der Waals surface area contributed by atoms with E-state index in [1.807, 2.05) is 42.2 Å². The van der Waals surface area contributed by atoms with E-state index in [0.717, 1.165) is 34.1 Å². The molecule has 27 heavy (non-hydrogen) atoms. The molecule has 140 valence electrons. The fraction of sp³-hybridized carbons (Fsp3) is 0.316. The van der Waals surface area contributed by atoms with Gasteiger partial charge >= 0.3 is 6.03 Å². The van der Waals surface area contributed by atoms with Gasteiger partial charge in [-0.15, -0.1) is 5.10 Å². The highest BCUT2D eigenvalue weighted by atomic mass is 79.9. The summed E-state index contributed by atoms with van der Waals surface area (Å²) in [5, 5.41) is 11.8. The van der Waals surface area contributed by atoms with Gasteiger partial charge in [0.15, 0.2) is 0 Å². The number of nitrogens with zero attached hydrogens (tertiary/aromatic N) is 6. The molecule has 1 aliphatic heterocycles. The van der Waals surface area contributed by atoms with Gasteiger partial charge in [-0.1, -0.05) is 68.3 Å². The number of benzene rings is 1. The maximum atomic E-state index is 12.9. The summed E-state index contributed by atoms with van der Waals surface area (Å²) in [4.78, 5) is 19.9. The Morgan fingerprint density at radius 3 is 2.89 bits per heavy atom. The number of amides is 1. The number of rotatable bonds is 4. The summed E-state index contributed by atoms with van der Waals surface area (Å²) in [7, 11) is 0. The lowest BCUT2D eigenvalue weighted by Crippen LogP contribution is -2.41. The number of tetrazole rings is 1. The Labute approximate surface area is 166 Å². The molecule has 1 amide bonds. The van der Waals surface area contributed by atoms with Crippen LogP contribution in [0.4, 0.5) is 10.7 Å². The van der Waals surface area contributed by atoms with Crippen LogP contribution in [0.3, 0.4) is 0 Å². The predicted octanol–water partition coefficient (Wildman–Crippen LogP) is 4.43. The number of hydrogen-bond donors (Lipinski definition) is 0.